The van der Waals surface area contributed by atoms with Crippen LogP contribution in [-0.4, -0.2) is 31.6 Å². The number of carbonyl (C=O) groups excluding carboxylic acids is 1. The minimum absolute atomic E-state index is 0.00568. The molecule has 94 valence electrons. The van der Waals surface area contributed by atoms with Gasteiger partial charge < -0.3 is 5.32 Å². The van der Waals surface area contributed by atoms with Gasteiger partial charge in [-0.1, -0.05) is 24.3 Å². The average molecular weight is 274 g/mol. The van der Waals surface area contributed by atoms with E-state index >= 15 is 0 Å². The number of amides is 1. The normalized spacial score (nSPS) is 11.1. The molecule has 0 unspecified atom stereocenters. The molecule has 7 heteroatoms. The zero-order valence-corrected chi connectivity index (χ0v) is 11.1. The van der Waals surface area contributed by atoms with Crippen molar-refractivity contribution in [1.29, 1.82) is 0 Å². The van der Waals surface area contributed by atoms with E-state index in [0.717, 1.165) is 11.3 Å². The average Bonchev–Trinajstić information content (AvgIpc) is 2.79. The third kappa shape index (κ3) is 3.64. The Balaban J connectivity index is 2.75. The molecule has 1 aromatic heterocycles. The number of hydrogen-bond acceptors (Lipinski definition) is 5. The van der Waals surface area contributed by atoms with E-state index in [1.54, 1.807) is 13.0 Å². The Kier molecular flexibility index (Phi) is 4.83. The Labute approximate surface area is 104 Å². The van der Waals surface area contributed by atoms with Crippen molar-refractivity contribution in [2.45, 2.75) is 17.7 Å². The monoisotopic (exact) mass is 274 g/mol. The maximum Gasteiger partial charge on any atom is 0.263 e. The highest BCUT2D eigenvalue weighted by Gasteiger charge is 2.18. The molecule has 1 amide bonds. The molecule has 0 saturated heterocycles. The molecule has 1 heterocycles. The lowest BCUT2D eigenvalue weighted by molar-refractivity contribution is 0.0958. The lowest BCUT2D eigenvalue weighted by atomic mass is 10.4. The summed E-state index contributed by atoms with van der Waals surface area (Å²) in [5.41, 5.74) is 0. The van der Waals surface area contributed by atoms with Crippen LogP contribution in [0.15, 0.2) is 23.2 Å². The second-order valence-corrected chi connectivity index (χ2v) is 6.71. The maximum atomic E-state index is 11.6. The fourth-order valence-corrected chi connectivity index (χ4v) is 3.16. The molecule has 0 aliphatic rings. The Bertz CT molecular complexity index is 505. The van der Waals surface area contributed by atoms with Crippen LogP contribution in [0, 0.1) is 0 Å². The van der Waals surface area contributed by atoms with Gasteiger partial charge in [0.1, 0.15) is 4.88 Å². The third-order valence-corrected chi connectivity index (χ3v) is 5.19. The molecule has 1 aromatic rings. The van der Waals surface area contributed by atoms with E-state index in [-0.39, 0.29) is 16.0 Å². The van der Waals surface area contributed by atoms with Crippen molar-refractivity contribution in [3.63, 3.8) is 0 Å². The van der Waals surface area contributed by atoms with E-state index < -0.39 is 9.84 Å². The van der Waals surface area contributed by atoms with Gasteiger partial charge in [-0.3, -0.25) is 4.79 Å². The number of carbonyl (C=O) groups is 1. The van der Waals surface area contributed by atoms with Gasteiger partial charge >= 0.3 is 0 Å². The number of aromatic nitrogens is 1. The number of sulfone groups is 1. The first-order valence-electron chi connectivity index (χ1n) is 5.09. The number of thiazole rings is 1. The number of hydrogen-bond donors (Lipinski definition) is 1. The molecule has 0 aromatic carbocycles. The predicted octanol–water partition coefficient (Wildman–Crippen LogP) is 1.24. The smallest absolute Gasteiger partial charge is 0.263 e. The van der Waals surface area contributed by atoms with Crippen LogP contribution in [0.4, 0.5) is 0 Å². The minimum atomic E-state index is -3.32. The molecule has 0 aliphatic carbocycles. The zero-order chi connectivity index (χ0) is 12.9. The van der Waals surface area contributed by atoms with Crippen molar-refractivity contribution in [3.05, 3.63) is 23.7 Å². The van der Waals surface area contributed by atoms with Crippen molar-refractivity contribution in [2.24, 2.45) is 0 Å². The van der Waals surface area contributed by atoms with Crippen LogP contribution in [0.3, 0.4) is 0 Å². The van der Waals surface area contributed by atoms with Gasteiger partial charge in [0.05, 0.1) is 11.9 Å². The van der Waals surface area contributed by atoms with Gasteiger partial charge in [0, 0.05) is 6.54 Å². The zero-order valence-electron chi connectivity index (χ0n) is 9.47. The lowest BCUT2D eigenvalue weighted by Gasteiger charge is -1.99. The fraction of sp³-hybridized carbons (Fsp3) is 0.400. The van der Waals surface area contributed by atoms with Gasteiger partial charge in [0.25, 0.3) is 5.91 Å². The highest BCUT2D eigenvalue weighted by atomic mass is 32.2. The number of nitrogens with zero attached hydrogens (tertiary/aromatic N) is 1. The van der Waals surface area contributed by atoms with Gasteiger partial charge in [0.15, 0.2) is 0 Å². The topological polar surface area (TPSA) is 76.1 Å². The second kappa shape index (κ2) is 5.92. The van der Waals surface area contributed by atoms with Crippen LogP contribution in [0.1, 0.15) is 23.0 Å². The summed E-state index contributed by atoms with van der Waals surface area (Å²) >= 11 is 0.894. The summed E-state index contributed by atoms with van der Waals surface area (Å²) in [6.45, 7) is 5.56. The van der Waals surface area contributed by atoms with E-state index in [2.05, 4.69) is 16.9 Å². The first-order chi connectivity index (χ1) is 8.01. The standard InChI is InChI=1S/C10H14N2O3S2/c1-3-5-6-11-9(13)8-7-12-10(16-8)17(14,15)4-2/h3,7H,1,4-6H2,2H3,(H,11,13). The summed E-state index contributed by atoms with van der Waals surface area (Å²) in [4.78, 5) is 15.6. The molecule has 1 rings (SSSR count). The molecule has 0 atom stereocenters. The highest BCUT2D eigenvalue weighted by Crippen LogP contribution is 2.19. The molecule has 0 bridgehead atoms. The van der Waals surface area contributed by atoms with Gasteiger partial charge in [-0.15, -0.1) is 6.58 Å². The Morgan fingerprint density at radius 2 is 2.35 bits per heavy atom. The van der Waals surface area contributed by atoms with Crippen LogP contribution in [0.5, 0.6) is 0 Å². The Morgan fingerprint density at radius 1 is 1.65 bits per heavy atom. The summed E-state index contributed by atoms with van der Waals surface area (Å²) in [5, 5.41) is 2.65. The van der Waals surface area contributed by atoms with Crippen LogP contribution < -0.4 is 5.32 Å². The van der Waals surface area contributed by atoms with E-state index in [1.807, 2.05) is 0 Å². The molecule has 1 N–H and O–H groups in total. The number of nitrogens with one attached hydrogen (secondary N) is 1. The van der Waals surface area contributed by atoms with Gasteiger partial charge in [-0.05, 0) is 6.42 Å². The molecule has 0 saturated carbocycles. The summed E-state index contributed by atoms with van der Waals surface area (Å²) in [5.74, 6) is -0.320. The van der Waals surface area contributed by atoms with Crippen molar-refractivity contribution < 1.29 is 13.2 Å². The molecule has 0 fully saturated rings. The fourth-order valence-electron chi connectivity index (χ4n) is 1.01. The van der Waals surface area contributed by atoms with Crippen LogP contribution in [0.25, 0.3) is 0 Å². The molecule has 0 aliphatic heterocycles. The SMILES string of the molecule is C=CCCNC(=O)c1cnc(S(=O)(=O)CC)s1. The Morgan fingerprint density at radius 3 is 2.94 bits per heavy atom. The van der Waals surface area contributed by atoms with Gasteiger partial charge in [-0.25, -0.2) is 13.4 Å². The first-order valence-corrected chi connectivity index (χ1v) is 7.55. The summed E-state index contributed by atoms with van der Waals surface area (Å²) in [6.07, 6.45) is 3.65. The summed E-state index contributed by atoms with van der Waals surface area (Å²) in [7, 11) is -3.32. The van der Waals surface area contributed by atoms with Gasteiger partial charge in [-0.2, -0.15) is 0 Å². The molecule has 5 nitrogen and oxygen atoms in total. The lowest BCUT2D eigenvalue weighted by Crippen LogP contribution is -2.23. The Hall–Kier alpha value is -1.21. The van der Waals surface area contributed by atoms with Crippen molar-refractivity contribution in [2.75, 3.05) is 12.3 Å². The molecule has 0 spiro atoms. The molecular weight excluding hydrogens is 260 g/mol. The van der Waals surface area contributed by atoms with Crippen molar-refractivity contribution in [3.8, 4) is 0 Å². The summed E-state index contributed by atoms with van der Waals surface area (Å²) in [6, 6.07) is 0. The third-order valence-electron chi connectivity index (χ3n) is 1.99. The van der Waals surface area contributed by atoms with E-state index in [0.29, 0.717) is 17.8 Å². The molecular formula is C10H14N2O3S2. The van der Waals surface area contributed by atoms with Crippen LogP contribution in [0.2, 0.25) is 0 Å². The molecule has 0 radical (unpaired) electrons. The van der Waals surface area contributed by atoms with Crippen LogP contribution in [-0.2, 0) is 9.84 Å². The van der Waals surface area contributed by atoms with Crippen molar-refractivity contribution in [1.82, 2.24) is 10.3 Å². The second-order valence-electron chi connectivity index (χ2n) is 3.23. The number of rotatable bonds is 6. The van der Waals surface area contributed by atoms with E-state index in [9.17, 15) is 13.2 Å². The van der Waals surface area contributed by atoms with E-state index in [4.69, 9.17) is 0 Å². The summed E-state index contributed by atoms with van der Waals surface area (Å²) < 4.78 is 23.0. The maximum absolute atomic E-state index is 11.6. The first kappa shape index (κ1) is 13.9. The quantitative estimate of drug-likeness (QED) is 0.625. The van der Waals surface area contributed by atoms with E-state index in [1.165, 1.54) is 6.20 Å². The van der Waals surface area contributed by atoms with Crippen molar-refractivity contribution >= 4 is 27.1 Å². The van der Waals surface area contributed by atoms with Gasteiger partial charge in [0.2, 0.25) is 14.2 Å². The van der Waals surface area contributed by atoms with Crippen LogP contribution >= 0.6 is 11.3 Å². The largest absolute Gasteiger partial charge is 0.351 e. The minimum Gasteiger partial charge on any atom is -0.351 e. The molecule has 17 heavy (non-hydrogen) atoms. The highest BCUT2D eigenvalue weighted by molar-refractivity contribution is 7.93. The predicted molar refractivity (Wildman–Crippen MR) is 67.0 cm³/mol.